The number of nitriles is 1. The van der Waals surface area contributed by atoms with Gasteiger partial charge in [-0.15, -0.1) is 0 Å². The minimum Gasteiger partial charge on any atom is -0.497 e. The summed E-state index contributed by atoms with van der Waals surface area (Å²) in [4.78, 5) is 32.7. The van der Waals surface area contributed by atoms with Gasteiger partial charge in [0, 0.05) is 17.0 Å². The Morgan fingerprint density at radius 1 is 1.18 bits per heavy atom. The Bertz CT molecular complexity index is 1580. The molecular weight excluding hydrogens is 500 g/mol. The van der Waals surface area contributed by atoms with Crippen molar-refractivity contribution in [2.75, 3.05) is 12.4 Å². The number of hydrogen-bond donors (Lipinski definition) is 2. The Morgan fingerprint density at radius 2 is 1.92 bits per heavy atom. The molecule has 4 rings (SSSR count). The van der Waals surface area contributed by atoms with Crippen LogP contribution < -0.4 is 15.6 Å². The molecule has 2 N–H and O–H groups in total. The average Bonchev–Trinajstić information content (AvgIpc) is 3.30. The lowest BCUT2D eigenvalue weighted by molar-refractivity contribution is 0.100. The van der Waals surface area contributed by atoms with Crippen molar-refractivity contribution >= 4 is 23.4 Å². The van der Waals surface area contributed by atoms with Gasteiger partial charge >= 0.3 is 0 Å². The molecule has 0 radical (unpaired) electrons. The maximum atomic E-state index is 12.9. The number of aromatic amines is 1. The summed E-state index contributed by atoms with van der Waals surface area (Å²) >= 11 is 1.34. The number of nitrogens with zero attached hydrogens (tertiary/aromatic N) is 4. The Balaban J connectivity index is 1.48. The van der Waals surface area contributed by atoms with Crippen molar-refractivity contribution in [3.05, 3.63) is 87.5 Å². The lowest BCUT2D eigenvalue weighted by Crippen LogP contribution is -2.29. The zero-order valence-corrected chi connectivity index (χ0v) is 22.6. The number of benzene rings is 2. The summed E-state index contributed by atoms with van der Waals surface area (Å²) in [7, 11) is 1.55. The number of carbonyl (C=O) groups excluding carboxylic acids is 1. The van der Waals surface area contributed by atoms with E-state index in [4.69, 9.17) is 4.74 Å². The van der Waals surface area contributed by atoms with Gasteiger partial charge in [-0.2, -0.15) is 10.4 Å². The molecule has 0 aliphatic rings. The van der Waals surface area contributed by atoms with Crippen molar-refractivity contribution in [2.45, 2.75) is 44.1 Å². The highest BCUT2D eigenvalue weighted by atomic mass is 32.2. The summed E-state index contributed by atoms with van der Waals surface area (Å²) in [5.41, 5.74) is 2.97. The molecular formula is C28H28N6O3S. The maximum absolute atomic E-state index is 12.9. The SMILES string of the molecule is COc1cccc(-c2nc(SCc3ccc(NC(=O)c4cc(C)nn4C(C)(C)C)cc3)[nH]c(=O)c2C#N)c1. The fourth-order valence-corrected chi connectivity index (χ4v) is 4.62. The summed E-state index contributed by atoms with van der Waals surface area (Å²) in [5.74, 6) is 0.899. The van der Waals surface area contributed by atoms with Gasteiger partial charge < -0.3 is 15.0 Å². The topological polar surface area (TPSA) is 126 Å². The first-order valence-electron chi connectivity index (χ1n) is 11.9. The van der Waals surface area contributed by atoms with E-state index in [-0.39, 0.29) is 17.0 Å². The second-order valence-electron chi connectivity index (χ2n) is 9.63. The number of H-pyrrole nitrogens is 1. The Hall–Kier alpha value is -4.36. The van der Waals surface area contributed by atoms with Crippen LogP contribution in [0, 0.1) is 18.3 Å². The van der Waals surface area contributed by atoms with E-state index >= 15 is 0 Å². The van der Waals surface area contributed by atoms with Crippen molar-refractivity contribution in [1.29, 1.82) is 5.26 Å². The number of thioether (sulfide) groups is 1. The van der Waals surface area contributed by atoms with Gasteiger partial charge in [0.2, 0.25) is 0 Å². The Morgan fingerprint density at radius 3 is 2.58 bits per heavy atom. The molecule has 10 heteroatoms. The smallest absolute Gasteiger partial charge is 0.273 e. The molecule has 0 aliphatic carbocycles. The summed E-state index contributed by atoms with van der Waals surface area (Å²) < 4.78 is 6.99. The van der Waals surface area contributed by atoms with E-state index < -0.39 is 5.56 Å². The van der Waals surface area contributed by atoms with Crippen LogP contribution in [0.1, 0.15) is 48.1 Å². The van der Waals surface area contributed by atoms with Gasteiger partial charge in [-0.3, -0.25) is 14.3 Å². The molecule has 0 bridgehead atoms. The second kappa shape index (κ2) is 10.9. The number of amides is 1. The van der Waals surface area contributed by atoms with Crippen molar-refractivity contribution < 1.29 is 9.53 Å². The number of aromatic nitrogens is 4. The van der Waals surface area contributed by atoms with E-state index in [1.165, 1.54) is 11.8 Å². The van der Waals surface area contributed by atoms with Crippen LogP contribution in [-0.2, 0) is 11.3 Å². The second-order valence-corrected chi connectivity index (χ2v) is 10.6. The van der Waals surface area contributed by atoms with E-state index in [1.807, 2.05) is 58.0 Å². The largest absolute Gasteiger partial charge is 0.497 e. The lowest BCUT2D eigenvalue weighted by atomic mass is 10.1. The van der Waals surface area contributed by atoms with Crippen LogP contribution in [0.15, 0.2) is 64.5 Å². The number of aryl methyl sites for hydroxylation is 1. The lowest BCUT2D eigenvalue weighted by Gasteiger charge is -2.22. The van der Waals surface area contributed by atoms with Crippen molar-refractivity contribution in [3.63, 3.8) is 0 Å². The van der Waals surface area contributed by atoms with Crippen LogP contribution in [0.25, 0.3) is 11.3 Å². The van der Waals surface area contributed by atoms with Crippen molar-refractivity contribution in [3.8, 4) is 23.1 Å². The van der Waals surface area contributed by atoms with E-state index in [9.17, 15) is 14.9 Å². The van der Waals surface area contributed by atoms with Gasteiger partial charge in [0.15, 0.2) is 5.16 Å². The minimum absolute atomic E-state index is 0.0503. The molecule has 4 aromatic rings. The van der Waals surface area contributed by atoms with E-state index in [2.05, 4.69) is 20.4 Å². The molecule has 0 unspecified atom stereocenters. The van der Waals surface area contributed by atoms with Crippen LogP contribution in [0.2, 0.25) is 0 Å². The highest BCUT2D eigenvalue weighted by Crippen LogP contribution is 2.27. The van der Waals surface area contributed by atoms with Crippen LogP contribution in [0.4, 0.5) is 5.69 Å². The van der Waals surface area contributed by atoms with Crippen molar-refractivity contribution in [1.82, 2.24) is 19.7 Å². The number of carbonyl (C=O) groups is 1. The van der Waals surface area contributed by atoms with E-state index in [0.29, 0.717) is 39.3 Å². The first kappa shape index (κ1) is 26.7. The highest BCUT2D eigenvalue weighted by molar-refractivity contribution is 7.98. The highest BCUT2D eigenvalue weighted by Gasteiger charge is 2.23. The molecule has 194 valence electrons. The third-order valence-electron chi connectivity index (χ3n) is 5.64. The molecule has 38 heavy (non-hydrogen) atoms. The summed E-state index contributed by atoms with van der Waals surface area (Å²) in [6.45, 7) is 7.86. The molecule has 1 amide bonds. The molecule has 0 saturated heterocycles. The standard InChI is InChI=1S/C28H28N6O3S/c1-17-13-23(34(33-17)28(2,3)4)26(36)30-20-11-9-18(10-12-20)16-38-27-31-24(22(15-29)25(35)32-27)19-7-6-8-21(14-19)37-5/h6-14H,16H2,1-5H3,(H,30,36)(H,31,32,35). The number of nitrogens with one attached hydrogen (secondary N) is 2. The van der Waals surface area contributed by atoms with Gasteiger partial charge in [-0.05, 0) is 63.6 Å². The first-order chi connectivity index (χ1) is 18.1. The van der Waals surface area contributed by atoms with Crippen molar-refractivity contribution in [2.24, 2.45) is 0 Å². The van der Waals surface area contributed by atoms with Gasteiger partial charge in [0.1, 0.15) is 23.1 Å². The molecule has 0 atom stereocenters. The Labute approximate surface area is 224 Å². The van der Waals surface area contributed by atoms with Gasteiger partial charge in [-0.1, -0.05) is 36.0 Å². The van der Waals surface area contributed by atoms with Crippen LogP contribution in [0.5, 0.6) is 5.75 Å². The minimum atomic E-state index is -0.495. The molecule has 2 heterocycles. The molecule has 0 fully saturated rings. The Kier molecular flexibility index (Phi) is 7.69. The molecule has 0 spiro atoms. The molecule has 0 aliphatic heterocycles. The zero-order valence-electron chi connectivity index (χ0n) is 21.8. The fourth-order valence-electron chi connectivity index (χ4n) is 3.81. The molecule has 2 aromatic carbocycles. The summed E-state index contributed by atoms with van der Waals surface area (Å²) in [6, 6.07) is 18.3. The fraction of sp³-hybridized carbons (Fsp3) is 0.250. The average molecular weight is 529 g/mol. The zero-order chi connectivity index (χ0) is 27.4. The summed E-state index contributed by atoms with van der Waals surface area (Å²) in [5, 5.41) is 17.3. The predicted octanol–water partition coefficient (Wildman–Crippen LogP) is 5.12. The number of ether oxygens (including phenoxy) is 1. The van der Waals surface area contributed by atoms with E-state index in [0.717, 1.165) is 11.3 Å². The number of methoxy groups -OCH3 is 1. The number of hydrogen-bond acceptors (Lipinski definition) is 7. The van der Waals surface area contributed by atoms with Gasteiger partial charge in [-0.25, -0.2) is 4.98 Å². The van der Waals surface area contributed by atoms with Crippen LogP contribution in [-0.4, -0.2) is 32.8 Å². The van der Waals surface area contributed by atoms with Gasteiger partial charge in [0.05, 0.1) is 24.0 Å². The summed E-state index contributed by atoms with van der Waals surface area (Å²) in [6.07, 6.45) is 0. The van der Waals surface area contributed by atoms with Crippen LogP contribution >= 0.6 is 11.8 Å². The normalized spacial score (nSPS) is 11.2. The van der Waals surface area contributed by atoms with Gasteiger partial charge in [0.25, 0.3) is 11.5 Å². The molecule has 9 nitrogen and oxygen atoms in total. The maximum Gasteiger partial charge on any atom is 0.273 e. The number of rotatable bonds is 7. The quantitative estimate of drug-likeness (QED) is 0.252. The first-order valence-corrected chi connectivity index (χ1v) is 12.9. The van der Waals surface area contributed by atoms with E-state index in [1.54, 1.807) is 42.1 Å². The molecule has 2 aromatic heterocycles. The predicted molar refractivity (Wildman–Crippen MR) is 147 cm³/mol. The number of anilines is 1. The van der Waals surface area contributed by atoms with Crippen LogP contribution in [0.3, 0.4) is 0 Å². The third-order valence-corrected chi connectivity index (χ3v) is 6.58. The third kappa shape index (κ3) is 5.95. The monoisotopic (exact) mass is 528 g/mol. The molecule has 0 saturated carbocycles.